The van der Waals surface area contributed by atoms with Gasteiger partial charge in [0.15, 0.2) is 6.10 Å². The van der Waals surface area contributed by atoms with Gasteiger partial charge < -0.3 is 20.3 Å². The summed E-state index contributed by atoms with van der Waals surface area (Å²) in [5.41, 5.74) is 8.50. The molecule has 2 amide bonds. The molecular formula is C19H20N4O3. The first-order chi connectivity index (χ1) is 12.6. The summed E-state index contributed by atoms with van der Waals surface area (Å²) in [4.78, 5) is 32.2. The molecule has 0 saturated carbocycles. The summed E-state index contributed by atoms with van der Waals surface area (Å²) >= 11 is 0. The van der Waals surface area contributed by atoms with E-state index in [1.54, 1.807) is 12.3 Å². The van der Waals surface area contributed by atoms with Crippen LogP contribution in [0.3, 0.4) is 0 Å². The van der Waals surface area contributed by atoms with Crippen molar-refractivity contribution in [1.82, 2.24) is 4.98 Å². The highest BCUT2D eigenvalue weighted by atomic mass is 16.5. The Morgan fingerprint density at radius 2 is 2.04 bits per heavy atom. The number of hydrogen-bond donors (Lipinski definition) is 1. The van der Waals surface area contributed by atoms with Crippen molar-refractivity contribution in [2.24, 2.45) is 5.73 Å². The zero-order valence-electron chi connectivity index (χ0n) is 14.3. The third-order valence-corrected chi connectivity index (χ3v) is 4.86. The van der Waals surface area contributed by atoms with E-state index >= 15 is 0 Å². The van der Waals surface area contributed by atoms with Gasteiger partial charge in [0.25, 0.3) is 11.8 Å². The second kappa shape index (κ2) is 6.76. The number of pyridine rings is 1. The van der Waals surface area contributed by atoms with Crippen molar-refractivity contribution in [1.29, 1.82) is 0 Å². The highest BCUT2D eigenvalue weighted by Crippen LogP contribution is 2.29. The van der Waals surface area contributed by atoms with Gasteiger partial charge >= 0.3 is 0 Å². The summed E-state index contributed by atoms with van der Waals surface area (Å²) < 4.78 is 5.76. The summed E-state index contributed by atoms with van der Waals surface area (Å²) in [7, 11) is 0. The molecular weight excluding hydrogens is 332 g/mol. The number of ether oxygens (including phenoxy) is 1. The minimum atomic E-state index is -0.568. The summed E-state index contributed by atoms with van der Waals surface area (Å²) in [6.45, 7) is 2.20. The molecule has 2 N–H and O–H groups in total. The quantitative estimate of drug-likeness (QED) is 0.889. The zero-order chi connectivity index (χ0) is 18.1. The molecule has 7 heteroatoms. The number of primary amides is 1. The number of rotatable bonds is 3. The van der Waals surface area contributed by atoms with E-state index in [0.717, 1.165) is 17.8 Å². The van der Waals surface area contributed by atoms with Crippen molar-refractivity contribution in [3.63, 3.8) is 0 Å². The van der Waals surface area contributed by atoms with Gasteiger partial charge in [-0.3, -0.25) is 14.6 Å². The third kappa shape index (κ3) is 3.01. The molecule has 1 aromatic heterocycles. The first kappa shape index (κ1) is 16.5. The molecule has 0 radical (unpaired) electrons. The molecule has 1 aromatic carbocycles. The Kier molecular flexibility index (Phi) is 4.30. The van der Waals surface area contributed by atoms with E-state index in [4.69, 9.17) is 10.5 Å². The molecule has 1 fully saturated rings. The van der Waals surface area contributed by atoms with Gasteiger partial charge in [0.05, 0.1) is 13.2 Å². The van der Waals surface area contributed by atoms with Crippen molar-refractivity contribution in [3.8, 4) is 0 Å². The molecule has 134 valence electrons. The second-order valence-corrected chi connectivity index (χ2v) is 6.44. The Morgan fingerprint density at radius 3 is 2.88 bits per heavy atom. The predicted octanol–water partition coefficient (Wildman–Crippen LogP) is 0.975. The molecule has 1 atom stereocenters. The summed E-state index contributed by atoms with van der Waals surface area (Å²) in [5, 5.41) is 0. The van der Waals surface area contributed by atoms with Crippen molar-refractivity contribution in [2.45, 2.75) is 12.5 Å². The number of benzene rings is 1. The highest BCUT2D eigenvalue weighted by molar-refractivity contribution is 5.99. The molecule has 1 unspecified atom stereocenters. The van der Waals surface area contributed by atoms with Crippen LogP contribution < -0.4 is 15.5 Å². The molecule has 1 saturated heterocycles. The number of para-hydroxylation sites is 1. The van der Waals surface area contributed by atoms with E-state index < -0.39 is 12.0 Å². The van der Waals surface area contributed by atoms with Crippen molar-refractivity contribution in [2.75, 3.05) is 36.0 Å². The lowest BCUT2D eigenvalue weighted by Gasteiger charge is -2.35. The number of amides is 2. The first-order valence-electron chi connectivity index (χ1n) is 8.65. The second-order valence-electron chi connectivity index (χ2n) is 6.44. The van der Waals surface area contributed by atoms with Gasteiger partial charge in [0.1, 0.15) is 5.69 Å². The smallest absolute Gasteiger partial charge is 0.267 e. The van der Waals surface area contributed by atoms with Crippen LogP contribution >= 0.6 is 0 Å². The summed E-state index contributed by atoms with van der Waals surface area (Å²) in [6, 6.07) is 11.4. The van der Waals surface area contributed by atoms with E-state index in [0.29, 0.717) is 26.2 Å². The summed E-state index contributed by atoms with van der Waals surface area (Å²) in [6.07, 6.45) is 1.88. The van der Waals surface area contributed by atoms with Crippen LogP contribution in [0.25, 0.3) is 0 Å². The van der Waals surface area contributed by atoms with Crippen molar-refractivity contribution in [3.05, 3.63) is 53.9 Å². The largest absolute Gasteiger partial charge is 0.366 e. The van der Waals surface area contributed by atoms with Crippen LogP contribution in [0.15, 0.2) is 42.6 Å². The van der Waals surface area contributed by atoms with Gasteiger partial charge in [-0.1, -0.05) is 18.2 Å². The normalized spacial score (nSPS) is 19.3. The molecule has 2 aliphatic heterocycles. The highest BCUT2D eigenvalue weighted by Gasteiger charge is 2.34. The number of anilines is 2. The molecule has 2 aliphatic rings. The van der Waals surface area contributed by atoms with Crippen LogP contribution in [0.4, 0.5) is 11.4 Å². The van der Waals surface area contributed by atoms with Gasteiger partial charge in [-0.25, -0.2) is 0 Å². The lowest BCUT2D eigenvalue weighted by atomic mass is 10.1. The molecule has 0 spiro atoms. The molecule has 4 rings (SSSR count). The van der Waals surface area contributed by atoms with Crippen molar-refractivity contribution < 1.29 is 14.3 Å². The van der Waals surface area contributed by atoms with Gasteiger partial charge in [0, 0.05) is 30.7 Å². The maximum atomic E-state index is 13.0. The Bertz CT molecular complexity index is 854. The Labute approximate surface area is 151 Å². The molecule has 2 aromatic rings. The van der Waals surface area contributed by atoms with Crippen LogP contribution in [0, 0.1) is 0 Å². The maximum Gasteiger partial charge on any atom is 0.267 e. The van der Waals surface area contributed by atoms with E-state index in [1.807, 2.05) is 34.1 Å². The fraction of sp³-hybridized carbons (Fsp3) is 0.316. The minimum absolute atomic E-state index is 0.0242. The van der Waals surface area contributed by atoms with Crippen LogP contribution in [0.5, 0.6) is 0 Å². The predicted molar refractivity (Wildman–Crippen MR) is 97.2 cm³/mol. The minimum Gasteiger partial charge on any atom is -0.366 e. The van der Waals surface area contributed by atoms with Gasteiger partial charge in [-0.2, -0.15) is 0 Å². The Morgan fingerprint density at radius 1 is 1.19 bits per heavy atom. The molecule has 0 aliphatic carbocycles. The number of nitrogens with two attached hydrogens (primary N) is 1. The Balaban J connectivity index is 1.51. The van der Waals surface area contributed by atoms with E-state index in [1.165, 1.54) is 5.56 Å². The van der Waals surface area contributed by atoms with Crippen molar-refractivity contribution >= 4 is 23.2 Å². The van der Waals surface area contributed by atoms with Gasteiger partial charge in [-0.15, -0.1) is 0 Å². The average Bonchev–Trinajstić information content (AvgIpc) is 3.12. The fourth-order valence-electron chi connectivity index (χ4n) is 3.53. The van der Waals surface area contributed by atoms with Gasteiger partial charge in [-0.05, 0) is 30.2 Å². The third-order valence-electron chi connectivity index (χ3n) is 4.86. The number of nitrogens with zero attached hydrogens (tertiary/aromatic N) is 3. The first-order valence-corrected chi connectivity index (χ1v) is 8.65. The van der Waals surface area contributed by atoms with E-state index in [-0.39, 0.29) is 11.6 Å². The maximum absolute atomic E-state index is 13.0. The standard InChI is InChI=1S/C19H20N4O3/c20-18(24)15-11-14(5-7-21-15)22-9-10-26-17(12-22)19(25)23-8-6-13-3-1-2-4-16(13)23/h1-5,7,11,17H,6,8-10,12H2,(H2,20,24). The molecule has 7 nitrogen and oxygen atoms in total. The number of hydrogen-bond acceptors (Lipinski definition) is 5. The monoisotopic (exact) mass is 352 g/mol. The van der Waals surface area contributed by atoms with Gasteiger partial charge in [0.2, 0.25) is 0 Å². The molecule has 26 heavy (non-hydrogen) atoms. The molecule has 0 bridgehead atoms. The fourth-order valence-corrected chi connectivity index (χ4v) is 3.53. The van der Waals surface area contributed by atoms with Crippen LogP contribution in [0.2, 0.25) is 0 Å². The van der Waals surface area contributed by atoms with E-state index in [2.05, 4.69) is 11.1 Å². The SMILES string of the molecule is NC(=O)c1cc(N2CCOC(C(=O)N3CCc4ccccc43)C2)ccn1. The number of carbonyl (C=O) groups is 2. The van der Waals surface area contributed by atoms with Crippen LogP contribution in [-0.2, 0) is 16.0 Å². The number of aromatic nitrogens is 1. The number of morpholine rings is 1. The zero-order valence-corrected chi connectivity index (χ0v) is 14.3. The number of fused-ring (bicyclic) bond motifs is 1. The van der Waals surface area contributed by atoms with E-state index in [9.17, 15) is 9.59 Å². The Hall–Kier alpha value is -2.93. The number of carbonyl (C=O) groups excluding carboxylic acids is 2. The topological polar surface area (TPSA) is 88.8 Å². The average molecular weight is 352 g/mol. The lowest BCUT2D eigenvalue weighted by molar-refractivity contribution is -0.130. The summed E-state index contributed by atoms with van der Waals surface area (Å²) in [5.74, 6) is -0.592. The van der Waals surface area contributed by atoms with Crippen LogP contribution in [0.1, 0.15) is 16.1 Å². The lowest BCUT2D eigenvalue weighted by Crippen LogP contribution is -2.51. The molecule has 3 heterocycles. The van der Waals surface area contributed by atoms with Crippen LogP contribution in [-0.4, -0.2) is 49.1 Å².